The minimum Gasteiger partial charge on any atom is -0.237 e. The Kier molecular flexibility index (Phi) is 0.798. The van der Waals surface area contributed by atoms with Crippen LogP contribution in [0.3, 0.4) is 0 Å². The Morgan fingerprint density at radius 1 is 1.44 bits per heavy atom. The molecule has 0 aromatic carbocycles. The Morgan fingerprint density at radius 3 is 3.33 bits per heavy atom. The van der Waals surface area contributed by atoms with Crippen molar-refractivity contribution in [2.24, 2.45) is 20.2 Å². The second-order valence-corrected chi connectivity index (χ2v) is 1.75. The highest BCUT2D eigenvalue weighted by Gasteiger charge is 2.11. The van der Waals surface area contributed by atoms with E-state index in [1.54, 1.807) is 6.20 Å². The van der Waals surface area contributed by atoms with Crippen LogP contribution < -0.4 is 0 Å². The first kappa shape index (κ1) is 4.55. The number of aliphatic imine (C=N–C) groups is 2. The second kappa shape index (κ2) is 1.58. The van der Waals surface area contributed by atoms with Crippen molar-refractivity contribution < 1.29 is 0 Å². The monoisotopic (exact) mass is 120 g/mol. The standard InChI is InChI=1S/C5H4N4/c1-4-5(2-9-8-1)7-3-6-4/h1,3H,2H2. The van der Waals surface area contributed by atoms with Crippen LogP contribution in [0, 0.1) is 0 Å². The van der Waals surface area contributed by atoms with Gasteiger partial charge in [0.15, 0.2) is 0 Å². The van der Waals surface area contributed by atoms with Crippen LogP contribution in [0.4, 0.5) is 0 Å². The van der Waals surface area contributed by atoms with E-state index in [0.717, 1.165) is 11.4 Å². The third-order valence-electron chi connectivity index (χ3n) is 1.19. The first-order valence-electron chi connectivity index (χ1n) is 2.63. The summed E-state index contributed by atoms with van der Waals surface area (Å²) in [4.78, 5) is 7.90. The molecule has 2 aliphatic heterocycles. The number of hydrogen-bond donors (Lipinski definition) is 0. The largest absolute Gasteiger partial charge is 0.237 e. The summed E-state index contributed by atoms with van der Waals surface area (Å²) < 4.78 is 0. The Morgan fingerprint density at radius 2 is 2.44 bits per heavy atom. The van der Waals surface area contributed by atoms with Crippen LogP contribution in [0.15, 0.2) is 32.1 Å². The maximum atomic E-state index is 3.96. The molecule has 4 nitrogen and oxygen atoms in total. The van der Waals surface area contributed by atoms with Crippen molar-refractivity contribution in [1.82, 2.24) is 0 Å². The normalized spacial score (nSPS) is 21.3. The van der Waals surface area contributed by atoms with Crippen molar-refractivity contribution in [3.63, 3.8) is 0 Å². The minimum atomic E-state index is 0.575. The fraction of sp³-hybridized carbons (Fsp3) is 0.200. The molecule has 44 valence electrons. The van der Waals surface area contributed by atoms with Crippen molar-refractivity contribution in [3.8, 4) is 0 Å². The van der Waals surface area contributed by atoms with Gasteiger partial charge >= 0.3 is 0 Å². The number of azo groups is 1. The van der Waals surface area contributed by atoms with E-state index in [4.69, 9.17) is 0 Å². The summed E-state index contributed by atoms with van der Waals surface area (Å²) in [5.74, 6) is 0. The molecule has 0 fully saturated rings. The molecule has 0 saturated carbocycles. The average Bonchev–Trinajstić information content (AvgIpc) is 2.33. The van der Waals surface area contributed by atoms with Crippen molar-refractivity contribution >= 4 is 12.1 Å². The zero-order chi connectivity index (χ0) is 6.10. The molecule has 0 saturated heterocycles. The molecule has 0 atom stereocenters. The maximum Gasteiger partial charge on any atom is 0.116 e. The summed E-state index contributed by atoms with van der Waals surface area (Å²) in [5, 5.41) is 7.45. The Balaban J connectivity index is 2.46. The van der Waals surface area contributed by atoms with Crippen LogP contribution in [-0.4, -0.2) is 18.6 Å². The van der Waals surface area contributed by atoms with Crippen LogP contribution in [-0.2, 0) is 0 Å². The molecule has 0 bridgehead atoms. The molecule has 4 heteroatoms. The molecule has 0 spiro atoms. The molecular weight excluding hydrogens is 116 g/mol. The van der Waals surface area contributed by atoms with Crippen LogP contribution in [0.2, 0.25) is 0 Å². The summed E-state index contributed by atoms with van der Waals surface area (Å²) in [7, 11) is 0. The highest BCUT2D eigenvalue weighted by atomic mass is 15.1. The van der Waals surface area contributed by atoms with E-state index in [-0.39, 0.29) is 0 Å². The van der Waals surface area contributed by atoms with E-state index in [1.165, 1.54) is 6.34 Å². The second-order valence-electron chi connectivity index (χ2n) is 1.75. The lowest BCUT2D eigenvalue weighted by Gasteiger charge is -1.97. The highest BCUT2D eigenvalue weighted by molar-refractivity contribution is 6.09. The average molecular weight is 120 g/mol. The summed E-state index contributed by atoms with van der Waals surface area (Å²) >= 11 is 0. The lowest BCUT2D eigenvalue weighted by atomic mass is 10.3. The van der Waals surface area contributed by atoms with Gasteiger partial charge in [0.05, 0.1) is 11.9 Å². The molecular formula is C5H4N4. The third-order valence-corrected chi connectivity index (χ3v) is 1.19. The van der Waals surface area contributed by atoms with E-state index in [0.29, 0.717) is 6.54 Å². The quantitative estimate of drug-likeness (QED) is 0.453. The third kappa shape index (κ3) is 0.595. The van der Waals surface area contributed by atoms with Gasteiger partial charge in [-0.3, -0.25) is 0 Å². The first-order chi connectivity index (χ1) is 4.47. The summed E-state index contributed by atoms with van der Waals surface area (Å²) in [5.41, 5.74) is 1.77. The van der Waals surface area contributed by atoms with Crippen molar-refractivity contribution in [1.29, 1.82) is 0 Å². The molecule has 2 heterocycles. The van der Waals surface area contributed by atoms with Gasteiger partial charge in [0.2, 0.25) is 0 Å². The lowest BCUT2D eigenvalue weighted by molar-refractivity contribution is 1.06. The molecule has 0 aromatic heterocycles. The molecule has 0 aromatic rings. The fourth-order valence-corrected chi connectivity index (χ4v) is 0.734. The maximum absolute atomic E-state index is 3.96. The summed E-state index contributed by atoms with van der Waals surface area (Å²) in [6, 6.07) is 0. The summed E-state index contributed by atoms with van der Waals surface area (Å²) in [6.45, 7) is 0.575. The minimum absolute atomic E-state index is 0.575. The SMILES string of the molecule is C1=NC2=CN=NCC2=N1. The van der Waals surface area contributed by atoms with Gasteiger partial charge in [-0.15, -0.1) is 0 Å². The van der Waals surface area contributed by atoms with E-state index in [2.05, 4.69) is 20.2 Å². The summed E-state index contributed by atoms with van der Waals surface area (Å²) in [6.07, 6.45) is 3.14. The number of nitrogens with zero attached hydrogens (tertiary/aromatic N) is 4. The number of rotatable bonds is 0. The van der Waals surface area contributed by atoms with E-state index >= 15 is 0 Å². The molecule has 9 heavy (non-hydrogen) atoms. The molecule has 2 rings (SSSR count). The van der Waals surface area contributed by atoms with Gasteiger partial charge in [-0.1, -0.05) is 0 Å². The van der Waals surface area contributed by atoms with Gasteiger partial charge in [0, 0.05) is 0 Å². The van der Waals surface area contributed by atoms with Gasteiger partial charge in [0.25, 0.3) is 0 Å². The van der Waals surface area contributed by atoms with Gasteiger partial charge < -0.3 is 0 Å². The van der Waals surface area contributed by atoms with Gasteiger partial charge in [-0.25, -0.2) is 9.98 Å². The number of fused-ring (bicyclic) bond motifs is 1. The van der Waals surface area contributed by atoms with E-state index in [1.807, 2.05) is 0 Å². The van der Waals surface area contributed by atoms with Crippen LogP contribution in [0.25, 0.3) is 0 Å². The zero-order valence-corrected chi connectivity index (χ0v) is 4.65. The molecule has 0 radical (unpaired) electrons. The predicted molar refractivity (Wildman–Crippen MR) is 33.7 cm³/mol. The van der Waals surface area contributed by atoms with E-state index in [9.17, 15) is 0 Å². The van der Waals surface area contributed by atoms with Crippen LogP contribution >= 0.6 is 0 Å². The Hall–Kier alpha value is -1.32. The lowest BCUT2D eigenvalue weighted by Crippen LogP contribution is -2.04. The molecule has 0 amide bonds. The van der Waals surface area contributed by atoms with Crippen LogP contribution in [0.1, 0.15) is 0 Å². The fourth-order valence-electron chi connectivity index (χ4n) is 0.734. The van der Waals surface area contributed by atoms with Crippen molar-refractivity contribution in [2.45, 2.75) is 0 Å². The first-order valence-corrected chi connectivity index (χ1v) is 2.63. The van der Waals surface area contributed by atoms with Crippen molar-refractivity contribution in [2.75, 3.05) is 6.54 Å². The molecule has 0 aliphatic carbocycles. The molecule has 0 N–H and O–H groups in total. The highest BCUT2D eigenvalue weighted by Crippen LogP contribution is 2.10. The predicted octanol–water partition coefficient (Wildman–Crippen LogP) is 0.776. The van der Waals surface area contributed by atoms with E-state index < -0.39 is 0 Å². The number of hydrogen-bond acceptors (Lipinski definition) is 4. The Bertz CT molecular complexity index is 246. The molecule has 0 unspecified atom stereocenters. The molecule has 2 aliphatic rings. The Labute approximate surface area is 51.7 Å². The van der Waals surface area contributed by atoms with Gasteiger partial charge in [0.1, 0.15) is 18.6 Å². The smallest absolute Gasteiger partial charge is 0.116 e. The zero-order valence-electron chi connectivity index (χ0n) is 4.65. The van der Waals surface area contributed by atoms with Crippen LogP contribution in [0.5, 0.6) is 0 Å². The topological polar surface area (TPSA) is 49.4 Å². The van der Waals surface area contributed by atoms with Crippen molar-refractivity contribution in [3.05, 3.63) is 11.9 Å². The van der Waals surface area contributed by atoms with Gasteiger partial charge in [-0.05, 0) is 0 Å². The van der Waals surface area contributed by atoms with Gasteiger partial charge in [-0.2, -0.15) is 10.2 Å².